The Morgan fingerprint density at radius 3 is 2.91 bits per heavy atom. The molecule has 22 heavy (non-hydrogen) atoms. The van der Waals surface area contributed by atoms with Crippen LogP contribution in [0.15, 0.2) is 30.9 Å². The minimum atomic E-state index is -0.450. The molecular weight excluding hydrogens is 288 g/mol. The average molecular weight is 304 g/mol. The molecule has 2 amide bonds. The molecule has 116 valence electrons. The number of rotatable bonds is 4. The van der Waals surface area contributed by atoms with Crippen molar-refractivity contribution in [2.45, 2.75) is 6.10 Å². The predicted octanol–water partition coefficient (Wildman–Crippen LogP) is 1.09. The Morgan fingerprint density at radius 1 is 1.36 bits per heavy atom. The quantitative estimate of drug-likeness (QED) is 0.842. The van der Waals surface area contributed by atoms with Crippen LogP contribution >= 0.6 is 0 Å². The first-order valence-corrected chi connectivity index (χ1v) is 6.95. The standard InChI is InChI=1S/C15H16N2O5/c1-2-14(18)16-8-11-9-17(15(19)22-11)10-3-4-12-13(7-10)21-6-5-20-12/h2-4,7,11H,1,5-6,8-9H2,(H,16,18)/t11-/m1/s1. The van der Waals surface area contributed by atoms with Gasteiger partial charge in [0.05, 0.1) is 18.8 Å². The summed E-state index contributed by atoms with van der Waals surface area (Å²) in [6.07, 6.45) is 0.328. The zero-order valence-corrected chi connectivity index (χ0v) is 11.9. The Morgan fingerprint density at radius 2 is 2.14 bits per heavy atom. The summed E-state index contributed by atoms with van der Waals surface area (Å²) in [5.41, 5.74) is 0.673. The lowest BCUT2D eigenvalue weighted by molar-refractivity contribution is -0.116. The van der Waals surface area contributed by atoms with E-state index in [9.17, 15) is 9.59 Å². The highest BCUT2D eigenvalue weighted by molar-refractivity contribution is 5.90. The van der Waals surface area contributed by atoms with Crippen LogP contribution in [-0.2, 0) is 9.53 Å². The zero-order chi connectivity index (χ0) is 15.5. The fourth-order valence-electron chi connectivity index (χ4n) is 2.33. The van der Waals surface area contributed by atoms with Crippen LogP contribution in [0.2, 0.25) is 0 Å². The van der Waals surface area contributed by atoms with Crippen LogP contribution in [0.5, 0.6) is 11.5 Å². The first-order chi connectivity index (χ1) is 10.7. The molecule has 0 aromatic heterocycles. The molecule has 1 atom stereocenters. The molecule has 0 saturated carbocycles. The lowest BCUT2D eigenvalue weighted by Crippen LogP contribution is -2.33. The highest BCUT2D eigenvalue weighted by Crippen LogP contribution is 2.35. The number of amides is 2. The number of anilines is 1. The molecular formula is C15H16N2O5. The molecule has 0 spiro atoms. The monoisotopic (exact) mass is 304 g/mol. The normalized spacial score (nSPS) is 19.5. The van der Waals surface area contributed by atoms with E-state index in [0.29, 0.717) is 36.9 Å². The second-order valence-corrected chi connectivity index (χ2v) is 4.89. The van der Waals surface area contributed by atoms with Gasteiger partial charge in [0, 0.05) is 6.07 Å². The van der Waals surface area contributed by atoms with Crippen LogP contribution in [0, 0.1) is 0 Å². The van der Waals surface area contributed by atoms with E-state index in [-0.39, 0.29) is 12.5 Å². The lowest BCUT2D eigenvalue weighted by atomic mass is 10.2. The molecule has 1 fully saturated rings. The largest absolute Gasteiger partial charge is 0.486 e. The van der Waals surface area contributed by atoms with E-state index in [0.717, 1.165) is 0 Å². The number of ether oxygens (including phenoxy) is 3. The summed E-state index contributed by atoms with van der Waals surface area (Å²) in [4.78, 5) is 24.6. The lowest BCUT2D eigenvalue weighted by Gasteiger charge is -2.21. The Bertz CT molecular complexity index is 616. The third-order valence-corrected chi connectivity index (χ3v) is 3.40. The van der Waals surface area contributed by atoms with Crippen LogP contribution in [0.25, 0.3) is 0 Å². The van der Waals surface area contributed by atoms with Crippen molar-refractivity contribution < 1.29 is 23.8 Å². The summed E-state index contributed by atoms with van der Waals surface area (Å²) >= 11 is 0. The van der Waals surface area contributed by atoms with E-state index in [1.165, 1.54) is 11.0 Å². The molecule has 1 N–H and O–H groups in total. The number of carbonyl (C=O) groups excluding carboxylic acids is 2. The third kappa shape index (κ3) is 2.83. The van der Waals surface area contributed by atoms with E-state index in [2.05, 4.69) is 11.9 Å². The first kappa shape index (κ1) is 14.2. The molecule has 7 nitrogen and oxygen atoms in total. The maximum Gasteiger partial charge on any atom is 0.414 e. The highest BCUT2D eigenvalue weighted by Gasteiger charge is 2.33. The maximum atomic E-state index is 12.0. The molecule has 1 aromatic rings. The molecule has 0 radical (unpaired) electrons. The highest BCUT2D eigenvalue weighted by atomic mass is 16.6. The Labute approximate surface area is 127 Å². The zero-order valence-electron chi connectivity index (χ0n) is 11.9. The molecule has 3 rings (SSSR count). The summed E-state index contributed by atoms with van der Waals surface area (Å²) in [6.45, 7) is 4.97. The van der Waals surface area contributed by atoms with Crippen LogP contribution in [-0.4, -0.2) is 44.4 Å². The van der Waals surface area contributed by atoms with Crippen molar-refractivity contribution in [3.8, 4) is 11.5 Å². The molecule has 2 aliphatic rings. The molecule has 0 aliphatic carbocycles. The third-order valence-electron chi connectivity index (χ3n) is 3.40. The Kier molecular flexibility index (Phi) is 3.86. The van der Waals surface area contributed by atoms with Crippen molar-refractivity contribution >= 4 is 17.7 Å². The number of fused-ring (bicyclic) bond motifs is 1. The second kappa shape index (κ2) is 5.97. The number of hydrogen-bond donors (Lipinski definition) is 1. The van der Waals surface area contributed by atoms with Gasteiger partial charge in [-0.05, 0) is 18.2 Å². The number of cyclic esters (lactones) is 1. The summed E-state index contributed by atoms with van der Waals surface area (Å²) in [7, 11) is 0. The number of benzene rings is 1. The van der Waals surface area contributed by atoms with Gasteiger partial charge in [-0.25, -0.2) is 4.79 Å². The van der Waals surface area contributed by atoms with E-state index in [4.69, 9.17) is 14.2 Å². The molecule has 1 aromatic carbocycles. The molecule has 2 aliphatic heterocycles. The molecule has 7 heteroatoms. The predicted molar refractivity (Wildman–Crippen MR) is 78.3 cm³/mol. The van der Waals surface area contributed by atoms with Gasteiger partial charge in [0.25, 0.3) is 0 Å². The van der Waals surface area contributed by atoms with Crippen LogP contribution in [0.4, 0.5) is 10.5 Å². The SMILES string of the molecule is C=CC(=O)NC[C@@H]1CN(c2ccc3c(c2)OCCO3)C(=O)O1. The number of nitrogens with zero attached hydrogens (tertiary/aromatic N) is 1. The first-order valence-electron chi connectivity index (χ1n) is 6.95. The molecule has 0 unspecified atom stereocenters. The van der Waals surface area contributed by atoms with Gasteiger partial charge < -0.3 is 19.5 Å². The van der Waals surface area contributed by atoms with Gasteiger partial charge in [0.2, 0.25) is 5.91 Å². The van der Waals surface area contributed by atoms with Crippen molar-refractivity contribution in [3.05, 3.63) is 30.9 Å². The fraction of sp³-hybridized carbons (Fsp3) is 0.333. The minimum Gasteiger partial charge on any atom is -0.486 e. The maximum absolute atomic E-state index is 12.0. The Hall–Kier alpha value is -2.70. The van der Waals surface area contributed by atoms with Crippen LogP contribution < -0.4 is 19.7 Å². The van der Waals surface area contributed by atoms with Gasteiger partial charge in [-0.3, -0.25) is 9.69 Å². The van der Waals surface area contributed by atoms with E-state index < -0.39 is 12.2 Å². The van der Waals surface area contributed by atoms with Crippen molar-refractivity contribution in [1.29, 1.82) is 0 Å². The minimum absolute atomic E-state index is 0.248. The summed E-state index contributed by atoms with van der Waals surface area (Å²) < 4.78 is 16.2. The van der Waals surface area contributed by atoms with Crippen molar-refractivity contribution in [3.63, 3.8) is 0 Å². The summed E-state index contributed by atoms with van der Waals surface area (Å²) in [5.74, 6) is 0.978. The Balaban J connectivity index is 1.68. The van der Waals surface area contributed by atoms with Gasteiger partial charge >= 0.3 is 6.09 Å². The van der Waals surface area contributed by atoms with Gasteiger partial charge in [-0.1, -0.05) is 6.58 Å². The summed E-state index contributed by atoms with van der Waals surface area (Å²) in [6, 6.07) is 5.30. The van der Waals surface area contributed by atoms with Crippen molar-refractivity contribution in [1.82, 2.24) is 5.32 Å². The van der Waals surface area contributed by atoms with Gasteiger partial charge in [0.1, 0.15) is 19.3 Å². The van der Waals surface area contributed by atoms with Gasteiger partial charge in [-0.2, -0.15) is 0 Å². The molecule has 2 heterocycles. The molecule has 0 bridgehead atoms. The topological polar surface area (TPSA) is 77.1 Å². The average Bonchev–Trinajstić information content (AvgIpc) is 2.93. The van der Waals surface area contributed by atoms with E-state index in [1.807, 2.05) is 0 Å². The van der Waals surface area contributed by atoms with E-state index >= 15 is 0 Å². The van der Waals surface area contributed by atoms with Gasteiger partial charge in [0.15, 0.2) is 11.5 Å². The molecule has 1 saturated heterocycles. The fourth-order valence-corrected chi connectivity index (χ4v) is 2.33. The van der Waals surface area contributed by atoms with E-state index in [1.54, 1.807) is 18.2 Å². The number of hydrogen-bond acceptors (Lipinski definition) is 5. The van der Waals surface area contributed by atoms with Crippen LogP contribution in [0.1, 0.15) is 0 Å². The van der Waals surface area contributed by atoms with Crippen LogP contribution in [0.3, 0.4) is 0 Å². The van der Waals surface area contributed by atoms with Crippen molar-refractivity contribution in [2.24, 2.45) is 0 Å². The van der Waals surface area contributed by atoms with Crippen molar-refractivity contribution in [2.75, 3.05) is 31.2 Å². The van der Waals surface area contributed by atoms with Gasteiger partial charge in [-0.15, -0.1) is 0 Å². The number of nitrogens with one attached hydrogen (secondary N) is 1. The number of carbonyl (C=O) groups is 2. The summed E-state index contributed by atoms with van der Waals surface area (Å²) in [5, 5.41) is 2.61. The second-order valence-electron chi connectivity index (χ2n) is 4.89. The smallest absolute Gasteiger partial charge is 0.414 e.